The largest absolute Gasteiger partial charge is 0.447 e. The highest BCUT2D eigenvalue weighted by atomic mass is 16.6. The van der Waals surface area contributed by atoms with Gasteiger partial charge in [0, 0.05) is 37.3 Å². The predicted octanol–water partition coefficient (Wildman–Crippen LogP) is 1.92. The molecule has 1 saturated heterocycles. The highest BCUT2D eigenvalue weighted by molar-refractivity contribution is 5.84. The molecule has 3 rings (SSSR count). The van der Waals surface area contributed by atoms with Crippen LogP contribution in [-0.2, 0) is 17.5 Å². The van der Waals surface area contributed by atoms with Crippen molar-refractivity contribution < 1.29 is 23.2 Å². The van der Waals surface area contributed by atoms with Crippen molar-refractivity contribution in [1.82, 2.24) is 15.2 Å². The fraction of sp³-hybridized carbons (Fsp3) is 0.438. The molecule has 5 nitrogen and oxygen atoms in total. The number of nitrogens with one attached hydrogen (secondary N) is 2. The molecule has 1 amide bonds. The Balaban J connectivity index is 2.04. The maximum atomic E-state index is 11.2. The van der Waals surface area contributed by atoms with E-state index in [0.717, 1.165) is 0 Å². The lowest BCUT2D eigenvalue weighted by Crippen LogP contribution is -2.28. The van der Waals surface area contributed by atoms with Gasteiger partial charge >= 0.3 is 6.09 Å². The highest BCUT2D eigenvalue weighted by Crippen LogP contribution is 2.21. The predicted molar refractivity (Wildman–Crippen MR) is 82.5 cm³/mol. The molecule has 2 heterocycles. The number of carbonyl (C=O) groups is 1. The van der Waals surface area contributed by atoms with Gasteiger partial charge in [-0.1, -0.05) is 6.07 Å². The normalized spacial score (nSPS) is 27.9. The van der Waals surface area contributed by atoms with Crippen LogP contribution in [0.2, 0.25) is 0 Å². The van der Waals surface area contributed by atoms with Crippen molar-refractivity contribution in [3.8, 4) is 0 Å². The molecule has 5 heteroatoms. The van der Waals surface area contributed by atoms with Crippen LogP contribution in [0.4, 0.5) is 4.79 Å². The number of hydrogen-bond donors (Lipinski definition) is 2. The van der Waals surface area contributed by atoms with Gasteiger partial charge in [-0.15, -0.1) is 0 Å². The van der Waals surface area contributed by atoms with Crippen molar-refractivity contribution in [3.63, 3.8) is 0 Å². The second kappa shape index (κ2) is 5.77. The first-order valence-electron chi connectivity index (χ1n) is 11.4. The Morgan fingerprint density at radius 2 is 2.43 bits per heavy atom. The van der Waals surface area contributed by atoms with E-state index in [2.05, 4.69) is 10.3 Å². The average Bonchev–Trinajstić information content (AvgIpc) is 3.17. The van der Waals surface area contributed by atoms with Crippen molar-refractivity contribution in [3.05, 3.63) is 35.5 Å². The summed E-state index contributed by atoms with van der Waals surface area (Å²) in [5.41, 5.74) is 0.933. The number of benzene rings is 1. The number of H-pyrrole nitrogens is 1. The fourth-order valence-electron chi connectivity index (χ4n) is 2.34. The summed E-state index contributed by atoms with van der Waals surface area (Å²) in [7, 11) is 0. The van der Waals surface area contributed by atoms with Crippen LogP contribution >= 0.6 is 0 Å². The van der Waals surface area contributed by atoms with Gasteiger partial charge in [-0.3, -0.25) is 0 Å². The van der Waals surface area contributed by atoms with Crippen LogP contribution in [0.15, 0.2) is 24.4 Å². The Kier molecular flexibility index (Phi) is 1.76. The number of aryl methyl sites for hydroxylation is 1. The van der Waals surface area contributed by atoms with E-state index in [9.17, 15) is 4.79 Å². The van der Waals surface area contributed by atoms with Crippen LogP contribution in [0.5, 0.6) is 0 Å². The lowest BCUT2D eigenvalue weighted by molar-refractivity contribution is 0.177. The van der Waals surface area contributed by atoms with E-state index in [1.807, 2.05) is 0 Å². The van der Waals surface area contributed by atoms with Gasteiger partial charge in [-0.25, -0.2) is 4.79 Å². The summed E-state index contributed by atoms with van der Waals surface area (Å²) in [6.07, 6.45) is -1.98. The average molecular weight is 297 g/mol. The SMILES string of the molecule is [2H]C([2H])([2H])N(C([2H])([2H])[2H])C([2H])([2H])C([2H])([2H])c1c[nH]c2ccc(C[C@H]3COC(=O)N3)cc12. The van der Waals surface area contributed by atoms with Crippen molar-refractivity contribution in [2.45, 2.75) is 18.8 Å². The fourth-order valence-corrected chi connectivity index (χ4v) is 2.34. The van der Waals surface area contributed by atoms with Gasteiger partial charge in [-0.2, -0.15) is 0 Å². The van der Waals surface area contributed by atoms with Crippen LogP contribution in [0.1, 0.15) is 24.8 Å². The molecule has 0 unspecified atom stereocenters. The van der Waals surface area contributed by atoms with E-state index < -0.39 is 32.9 Å². The third kappa shape index (κ3) is 3.19. The summed E-state index contributed by atoms with van der Waals surface area (Å²) in [5.74, 6) is 0. The molecule has 0 aliphatic carbocycles. The number of ether oxygens (including phenoxy) is 1. The van der Waals surface area contributed by atoms with Gasteiger partial charge in [0.15, 0.2) is 0 Å². The number of likely N-dealkylation sites (N-methyl/N-ethyl adjacent to an activating group) is 1. The number of alkyl carbamates (subject to hydrolysis) is 1. The molecule has 112 valence electrons. The third-order valence-electron chi connectivity index (χ3n) is 3.27. The lowest BCUT2D eigenvalue weighted by atomic mass is 10.0. The van der Waals surface area contributed by atoms with E-state index in [-0.39, 0.29) is 28.5 Å². The molecule has 1 fully saturated rings. The molecule has 0 spiro atoms. The molecule has 1 aliphatic rings. The minimum atomic E-state index is -3.42. The van der Waals surface area contributed by atoms with Crippen molar-refractivity contribution in [2.24, 2.45) is 0 Å². The Hall–Kier alpha value is -2.01. The van der Waals surface area contributed by atoms with E-state index in [4.69, 9.17) is 18.4 Å². The lowest BCUT2D eigenvalue weighted by Gasteiger charge is -2.09. The third-order valence-corrected chi connectivity index (χ3v) is 3.27. The Bertz CT molecular complexity index is 968. The molecular formula is C16H21N3O2. The summed E-state index contributed by atoms with van der Waals surface area (Å²) < 4.78 is 83.1. The summed E-state index contributed by atoms with van der Waals surface area (Å²) in [6.45, 7) is -10.1. The van der Waals surface area contributed by atoms with Crippen molar-refractivity contribution in [1.29, 1.82) is 0 Å². The van der Waals surface area contributed by atoms with E-state index >= 15 is 0 Å². The van der Waals surface area contributed by atoms with Gasteiger partial charge in [0.1, 0.15) is 6.61 Å². The zero-order valence-electron chi connectivity index (χ0n) is 21.1. The molecule has 1 atom stereocenters. The van der Waals surface area contributed by atoms with Crippen molar-refractivity contribution >= 4 is 17.0 Å². The van der Waals surface area contributed by atoms with Gasteiger partial charge < -0.3 is 19.9 Å². The number of nitrogens with zero attached hydrogens (tertiary/aromatic N) is 1. The smallest absolute Gasteiger partial charge is 0.407 e. The molecule has 2 N–H and O–H groups in total. The molecule has 2 aromatic rings. The number of rotatable bonds is 5. The molecular weight excluding hydrogens is 266 g/mol. The summed E-state index contributed by atoms with van der Waals surface area (Å²) in [4.78, 5) is 13.6. The molecule has 0 radical (unpaired) electrons. The summed E-state index contributed by atoms with van der Waals surface area (Å²) >= 11 is 0. The van der Waals surface area contributed by atoms with Gasteiger partial charge in [-0.05, 0) is 50.0 Å². The Labute approximate surface area is 138 Å². The second-order valence-corrected chi connectivity index (χ2v) is 4.80. The molecule has 0 bridgehead atoms. The molecule has 1 aromatic heterocycles. The first-order chi connectivity index (χ1) is 14.0. The number of carbonyl (C=O) groups excluding carboxylic acids is 1. The molecule has 21 heavy (non-hydrogen) atoms. The molecule has 1 aliphatic heterocycles. The van der Waals surface area contributed by atoms with Crippen LogP contribution in [0, 0.1) is 0 Å². The highest BCUT2D eigenvalue weighted by Gasteiger charge is 2.22. The number of hydrogen-bond acceptors (Lipinski definition) is 3. The summed E-state index contributed by atoms with van der Waals surface area (Å²) in [5, 5.41) is 2.90. The minimum Gasteiger partial charge on any atom is -0.447 e. The number of aromatic nitrogens is 1. The Morgan fingerprint density at radius 3 is 3.19 bits per heavy atom. The molecule has 1 aromatic carbocycles. The van der Waals surface area contributed by atoms with Crippen LogP contribution < -0.4 is 5.32 Å². The zero-order valence-corrected chi connectivity index (χ0v) is 11.1. The number of cyclic esters (lactones) is 1. The van der Waals surface area contributed by atoms with Gasteiger partial charge in [0.2, 0.25) is 0 Å². The quantitative estimate of drug-likeness (QED) is 0.886. The maximum Gasteiger partial charge on any atom is 0.407 e. The zero-order chi connectivity index (χ0) is 23.4. The molecule has 0 saturated carbocycles. The van der Waals surface area contributed by atoms with E-state index in [0.29, 0.717) is 17.5 Å². The van der Waals surface area contributed by atoms with Crippen LogP contribution in [0.25, 0.3) is 10.9 Å². The second-order valence-electron chi connectivity index (χ2n) is 4.80. The Morgan fingerprint density at radius 1 is 1.52 bits per heavy atom. The topological polar surface area (TPSA) is 57.4 Å². The number of amides is 1. The maximum absolute atomic E-state index is 11.2. The minimum absolute atomic E-state index is 0.173. The standard InChI is InChI=1S/C16H21N3O2/c1-19(2)6-5-12-9-17-15-4-3-11(8-14(12)15)7-13-10-21-16(20)18-13/h3-4,8-9,13,17H,5-7,10H2,1-2H3,(H,18,20)/t13-/m0/s1/i1D3,2D3,5D2,6D2. The monoisotopic (exact) mass is 297 g/mol. The van der Waals surface area contributed by atoms with Crippen LogP contribution in [-0.4, -0.2) is 49.1 Å². The van der Waals surface area contributed by atoms with E-state index in [1.54, 1.807) is 18.2 Å². The van der Waals surface area contributed by atoms with Crippen molar-refractivity contribution in [2.75, 3.05) is 27.1 Å². The van der Waals surface area contributed by atoms with Gasteiger partial charge in [0.05, 0.1) is 6.04 Å². The first kappa shape index (κ1) is 6.40. The number of fused-ring (bicyclic) bond motifs is 1. The van der Waals surface area contributed by atoms with Crippen LogP contribution in [0.3, 0.4) is 0 Å². The van der Waals surface area contributed by atoms with Gasteiger partial charge in [0.25, 0.3) is 0 Å². The number of aromatic amines is 1. The van der Waals surface area contributed by atoms with E-state index in [1.165, 1.54) is 6.20 Å². The first-order valence-corrected chi connectivity index (χ1v) is 6.39. The summed E-state index contributed by atoms with van der Waals surface area (Å²) in [6, 6.07) is 4.70.